The first-order valence-corrected chi connectivity index (χ1v) is 6.93. The summed E-state index contributed by atoms with van der Waals surface area (Å²) in [6, 6.07) is 7.56. The molecule has 0 radical (unpaired) electrons. The number of benzene rings is 1. The lowest BCUT2D eigenvalue weighted by Crippen LogP contribution is -2.20. The van der Waals surface area contributed by atoms with Crippen molar-refractivity contribution in [3.05, 3.63) is 41.2 Å². The van der Waals surface area contributed by atoms with E-state index in [1.165, 1.54) is 6.33 Å². The number of hydrogen-bond donors (Lipinski definition) is 1. The van der Waals surface area contributed by atoms with Crippen molar-refractivity contribution in [2.24, 2.45) is 0 Å². The zero-order chi connectivity index (χ0) is 14.5. The SMILES string of the molecule is CC(C)OC(=S)Nc1ncnn1Cc1ccc(Cl)cc1. The molecule has 0 amide bonds. The monoisotopic (exact) mass is 310 g/mol. The maximum atomic E-state index is 5.86. The number of halogens is 1. The van der Waals surface area contributed by atoms with Gasteiger partial charge in [-0.1, -0.05) is 23.7 Å². The molecule has 0 saturated heterocycles. The Morgan fingerprint density at radius 3 is 2.75 bits per heavy atom. The number of anilines is 1. The minimum absolute atomic E-state index is 0.0163. The summed E-state index contributed by atoms with van der Waals surface area (Å²) in [5.74, 6) is 0.547. The van der Waals surface area contributed by atoms with Gasteiger partial charge in [0.05, 0.1) is 12.6 Å². The third kappa shape index (κ3) is 4.18. The van der Waals surface area contributed by atoms with Crippen LogP contribution in [-0.4, -0.2) is 26.0 Å². The average molecular weight is 311 g/mol. The van der Waals surface area contributed by atoms with Gasteiger partial charge in [0, 0.05) is 5.02 Å². The lowest BCUT2D eigenvalue weighted by molar-refractivity contribution is 0.234. The van der Waals surface area contributed by atoms with Gasteiger partial charge in [-0.05, 0) is 43.8 Å². The molecule has 7 heteroatoms. The van der Waals surface area contributed by atoms with Crippen molar-refractivity contribution in [2.75, 3.05) is 5.32 Å². The summed E-state index contributed by atoms with van der Waals surface area (Å²) in [6.45, 7) is 4.39. The molecule has 0 spiro atoms. The number of aromatic nitrogens is 3. The Hall–Kier alpha value is -1.66. The summed E-state index contributed by atoms with van der Waals surface area (Å²) in [4.78, 5) is 4.12. The van der Waals surface area contributed by atoms with Crippen molar-refractivity contribution in [3.63, 3.8) is 0 Å². The molecule has 5 nitrogen and oxygen atoms in total. The van der Waals surface area contributed by atoms with E-state index in [1.807, 2.05) is 38.1 Å². The molecule has 0 bridgehead atoms. The Morgan fingerprint density at radius 2 is 2.10 bits per heavy atom. The van der Waals surface area contributed by atoms with Gasteiger partial charge in [0.1, 0.15) is 6.33 Å². The molecule has 1 N–H and O–H groups in total. The zero-order valence-electron chi connectivity index (χ0n) is 11.2. The minimum Gasteiger partial charge on any atom is -0.468 e. The smallest absolute Gasteiger partial charge is 0.263 e. The van der Waals surface area contributed by atoms with Crippen molar-refractivity contribution < 1.29 is 4.74 Å². The van der Waals surface area contributed by atoms with Crippen molar-refractivity contribution in [1.82, 2.24) is 14.8 Å². The Bertz CT molecular complexity index is 582. The van der Waals surface area contributed by atoms with Crippen molar-refractivity contribution in [2.45, 2.75) is 26.5 Å². The standard InChI is InChI=1S/C13H15ClN4OS/c1-9(2)19-13(20)17-12-15-8-16-18(12)7-10-3-5-11(14)6-4-10/h3-6,8-9H,7H2,1-2H3,(H,15,16,17,20). The van der Waals surface area contributed by atoms with E-state index in [9.17, 15) is 0 Å². The van der Waals surface area contributed by atoms with Crippen LogP contribution in [0.4, 0.5) is 5.95 Å². The predicted molar refractivity (Wildman–Crippen MR) is 83.0 cm³/mol. The van der Waals surface area contributed by atoms with Crippen LogP contribution in [0.15, 0.2) is 30.6 Å². The van der Waals surface area contributed by atoms with Crippen molar-refractivity contribution in [3.8, 4) is 0 Å². The summed E-state index contributed by atoms with van der Waals surface area (Å²) in [5.41, 5.74) is 1.07. The van der Waals surface area contributed by atoms with E-state index in [0.29, 0.717) is 17.5 Å². The van der Waals surface area contributed by atoms with E-state index >= 15 is 0 Å². The molecule has 2 rings (SSSR count). The third-order valence-electron chi connectivity index (χ3n) is 2.42. The highest BCUT2D eigenvalue weighted by molar-refractivity contribution is 7.80. The first-order valence-electron chi connectivity index (χ1n) is 6.14. The highest BCUT2D eigenvalue weighted by Gasteiger charge is 2.08. The van der Waals surface area contributed by atoms with Gasteiger partial charge in [-0.25, -0.2) is 4.68 Å². The lowest BCUT2D eigenvalue weighted by Gasteiger charge is -2.12. The molecular formula is C13H15ClN4OS. The summed E-state index contributed by atoms with van der Waals surface area (Å²) in [5, 5.41) is 8.08. The van der Waals surface area contributed by atoms with E-state index in [1.54, 1.807) is 4.68 Å². The van der Waals surface area contributed by atoms with Crippen LogP contribution in [0.3, 0.4) is 0 Å². The van der Waals surface area contributed by atoms with Gasteiger partial charge in [0.25, 0.3) is 5.17 Å². The highest BCUT2D eigenvalue weighted by atomic mass is 35.5. The van der Waals surface area contributed by atoms with Gasteiger partial charge in [-0.3, -0.25) is 5.32 Å². The number of rotatable bonds is 4. The van der Waals surface area contributed by atoms with Gasteiger partial charge < -0.3 is 4.74 Å². The molecule has 1 aromatic carbocycles. The fraction of sp³-hybridized carbons (Fsp3) is 0.308. The van der Waals surface area contributed by atoms with Crippen LogP contribution in [0.5, 0.6) is 0 Å². The number of nitrogens with one attached hydrogen (secondary N) is 1. The number of thiocarbonyl (C=S) groups is 1. The molecule has 0 atom stereocenters. The normalized spacial score (nSPS) is 10.6. The van der Waals surface area contributed by atoms with E-state index in [-0.39, 0.29) is 11.3 Å². The highest BCUT2D eigenvalue weighted by Crippen LogP contribution is 2.12. The van der Waals surface area contributed by atoms with E-state index in [0.717, 1.165) is 5.56 Å². The summed E-state index contributed by atoms with van der Waals surface area (Å²) in [7, 11) is 0. The molecule has 0 aliphatic heterocycles. The van der Waals surface area contributed by atoms with Crippen molar-refractivity contribution in [1.29, 1.82) is 0 Å². The van der Waals surface area contributed by atoms with Crippen LogP contribution in [-0.2, 0) is 11.3 Å². The molecule has 0 saturated carbocycles. The molecular weight excluding hydrogens is 296 g/mol. The molecule has 106 valence electrons. The number of nitrogens with zero attached hydrogens (tertiary/aromatic N) is 3. The van der Waals surface area contributed by atoms with Gasteiger partial charge in [0.2, 0.25) is 5.95 Å². The molecule has 20 heavy (non-hydrogen) atoms. The van der Waals surface area contributed by atoms with E-state index in [2.05, 4.69) is 15.4 Å². The third-order valence-corrected chi connectivity index (χ3v) is 2.87. The molecule has 0 fully saturated rings. The molecule has 0 aliphatic rings. The van der Waals surface area contributed by atoms with Gasteiger partial charge in [-0.15, -0.1) is 0 Å². The molecule has 0 unspecified atom stereocenters. The second kappa shape index (κ2) is 6.67. The average Bonchev–Trinajstić information content (AvgIpc) is 2.78. The predicted octanol–water partition coefficient (Wildman–Crippen LogP) is 3.10. The Balaban J connectivity index is 2.05. The Morgan fingerprint density at radius 1 is 1.40 bits per heavy atom. The van der Waals surface area contributed by atoms with Crippen LogP contribution in [0.1, 0.15) is 19.4 Å². The summed E-state index contributed by atoms with van der Waals surface area (Å²) >= 11 is 10.9. The van der Waals surface area contributed by atoms with Gasteiger partial charge in [0.15, 0.2) is 0 Å². The second-order valence-electron chi connectivity index (χ2n) is 4.45. The van der Waals surface area contributed by atoms with Crippen LogP contribution in [0.2, 0.25) is 5.02 Å². The zero-order valence-corrected chi connectivity index (χ0v) is 12.8. The van der Waals surface area contributed by atoms with Gasteiger partial charge >= 0.3 is 0 Å². The topological polar surface area (TPSA) is 52.0 Å². The van der Waals surface area contributed by atoms with Crippen LogP contribution in [0, 0.1) is 0 Å². The first kappa shape index (κ1) is 14.7. The molecule has 1 aromatic heterocycles. The fourth-order valence-electron chi connectivity index (χ4n) is 1.57. The molecule has 1 heterocycles. The quantitative estimate of drug-likeness (QED) is 0.879. The maximum absolute atomic E-state index is 5.86. The minimum atomic E-state index is 0.0163. The summed E-state index contributed by atoms with van der Waals surface area (Å²) in [6.07, 6.45) is 1.48. The maximum Gasteiger partial charge on any atom is 0.263 e. The Labute approximate surface area is 127 Å². The number of hydrogen-bond acceptors (Lipinski definition) is 4. The largest absolute Gasteiger partial charge is 0.468 e. The molecule has 0 aliphatic carbocycles. The van der Waals surface area contributed by atoms with E-state index in [4.69, 9.17) is 28.6 Å². The Kier molecular flexibility index (Phi) is 4.92. The van der Waals surface area contributed by atoms with E-state index < -0.39 is 0 Å². The van der Waals surface area contributed by atoms with Crippen LogP contribution in [0.25, 0.3) is 0 Å². The number of ether oxygens (including phenoxy) is 1. The fourth-order valence-corrected chi connectivity index (χ4v) is 1.98. The lowest BCUT2D eigenvalue weighted by atomic mass is 10.2. The summed E-state index contributed by atoms with van der Waals surface area (Å²) < 4.78 is 7.07. The van der Waals surface area contributed by atoms with Crippen LogP contribution < -0.4 is 5.32 Å². The second-order valence-corrected chi connectivity index (χ2v) is 5.25. The van der Waals surface area contributed by atoms with Crippen LogP contribution >= 0.6 is 23.8 Å². The van der Waals surface area contributed by atoms with Crippen molar-refractivity contribution >= 4 is 34.9 Å². The van der Waals surface area contributed by atoms with Gasteiger partial charge in [-0.2, -0.15) is 10.1 Å². The molecule has 2 aromatic rings. The first-order chi connectivity index (χ1) is 9.54.